The number of hydrogen-bond acceptors (Lipinski definition) is 6. The summed E-state index contributed by atoms with van der Waals surface area (Å²) in [6.45, 7) is 8.56. The Labute approximate surface area is 210 Å². The van der Waals surface area contributed by atoms with E-state index in [0.717, 1.165) is 34.5 Å². The first-order valence-electron chi connectivity index (χ1n) is 11.7. The van der Waals surface area contributed by atoms with Crippen molar-refractivity contribution in [3.63, 3.8) is 0 Å². The maximum Gasteiger partial charge on any atom is 0.234 e. The van der Waals surface area contributed by atoms with Crippen LogP contribution in [0.15, 0.2) is 47.6 Å². The number of ether oxygens (including phenoxy) is 1. The molecule has 0 bridgehead atoms. The van der Waals surface area contributed by atoms with Gasteiger partial charge in [-0.05, 0) is 56.0 Å². The second-order valence-electron chi connectivity index (χ2n) is 8.20. The van der Waals surface area contributed by atoms with Crippen molar-refractivity contribution < 1.29 is 14.3 Å². The van der Waals surface area contributed by atoms with Crippen LogP contribution in [0.25, 0.3) is 0 Å². The molecule has 0 spiro atoms. The molecule has 2 aromatic carbocycles. The smallest absolute Gasteiger partial charge is 0.234 e. The molecule has 9 heteroatoms. The molecule has 8 nitrogen and oxygen atoms in total. The summed E-state index contributed by atoms with van der Waals surface area (Å²) in [7, 11) is 1.61. The van der Waals surface area contributed by atoms with Gasteiger partial charge in [-0.15, -0.1) is 10.2 Å². The molecule has 0 saturated heterocycles. The van der Waals surface area contributed by atoms with Crippen LogP contribution in [0.2, 0.25) is 0 Å². The van der Waals surface area contributed by atoms with Gasteiger partial charge < -0.3 is 19.9 Å². The van der Waals surface area contributed by atoms with Gasteiger partial charge in [0, 0.05) is 12.2 Å². The van der Waals surface area contributed by atoms with Crippen LogP contribution in [0, 0.1) is 6.92 Å². The van der Waals surface area contributed by atoms with Gasteiger partial charge in [0.15, 0.2) is 11.0 Å². The number of benzene rings is 2. The van der Waals surface area contributed by atoms with Gasteiger partial charge in [0.25, 0.3) is 0 Å². The monoisotopic (exact) mass is 495 g/mol. The number of amides is 2. The summed E-state index contributed by atoms with van der Waals surface area (Å²) in [5, 5.41) is 15.3. The molecule has 1 atom stereocenters. The average molecular weight is 496 g/mol. The van der Waals surface area contributed by atoms with Crippen molar-refractivity contribution in [2.75, 3.05) is 18.2 Å². The highest BCUT2D eigenvalue weighted by atomic mass is 32.2. The van der Waals surface area contributed by atoms with Gasteiger partial charge in [-0.1, -0.05) is 49.0 Å². The number of aryl methyl sites for hydroxylation is 2. The Hall–Kier alpha value is -3.33. The zero-order valence-corrected chi connectivity index (χ0v) is 21.7. The molecule has 3 aromatic rings. The highest BCUT2D eigenvalue weighted by Crippen LogP contribution is 2.24. The number of hydrogen-bond donors (Lipinski definition) is 2. The lowest BCUT2D eigenvalue weighted by atomic mass is 10.1. The van der Waals surface area contributed by atoms with Crippen molar-refractivity contribution in [3.8, 4) is 5.75 Å². The molecule has 3 rings (SSSR count). The maximum atomic E-state index is 12.7. The zero-order valence-electron chi connectivity index (χ0n) is 20.9. The van der Waals surface area contributed by atoms with Gasteiger partial charge >= 0.3 is 0 Å². The molecule has 0 unspecified atom stereocenters. The number of nitrogens with one attached hydrogen (secondary N) is 2. The molecule has 35 heavy (non-hydrogen) atoms. The van der Waals surface area contributed by atoms with E-state index in [4.69, 9.17) is 4.74 Å². The molecule has 186 valence electrons. The zero-order chi connectivity index (χ0) is 25.4. The third-order valence-corrected chi connectivity index (χ3v) is 6.65. The van der Waals surface area contributed by atoms with Crippen LogP contribution in [0.1, 0.15) is 49.3 Å². The number of para-hydroxylation sites is 1. The lowest BCUT2D eigenvalue weighted by molar-refractivity contribution is -0.121. The van der Waals surface area contributed by atoms with Crippen LogP contribution in [0.5, 0.6) is 5.75 Å². The minimum Gasteiger partial charge on any atom is -0.497 e. The largest absolute Gasteiger partial charge is 0.497 e. The molecular weight excluding hydrogens is 462 g/mol. The molecule has 0 radical (unpaired) electrons. The number of aromatic nitrogens is 3. The van der Waals surface area contributed by atoms with Gasteiger partial charge in [0.2, 0.25) is 11.8 Å². The molecule has 0 aliphatic rings. The van der Waals surface area contributed by atoms with Crippen molar-refractivity contribution in [2.45, 2.75) is 58.3 Å². The van der Waals surface area contributed by atoms with Gasteiger partial charge in [0.05, 0.1) is 25.3 Å². The fraction of sp³-hybridized carbons (Fsp3) is 0.385. The first-order valence-corrected chi connectivity index (χ1v) is 12.7. The van der Waals surface area contributed by atoms with Crippen LogP contribution in [0.3, 0.4) is 0 Å². The fourth-order valence-electron chi connectivity index (χ4n) is 3.82. The quantitative estimate of drug-likeness (QED) is 0.384. The molecule has 0 saturated carbocycles. The van der Waals surface area contributed by atoms with Crippen molar-refractivity contribution in [1.29, 1.82) is 0 Å². The number of nitrogens with zero attached hydrogens (tertiary/aromatic N) is 3. The molecule has 1 aromatic heterocycles. The van der Waals surface area contributed by atoms with E-state index in [1.807, 2.05) is 67.8 Å². The molecule has 0 fully saturated rings. The second-order valence-corrected chi connectivity index (χ2v) is 9.14. The van der Waals surface area contributed by atoms with Crippen LogP contribution >= 0.6 is 11.8 Å². The van der Waals surface area contributed by atoms with E-state index in [1.54, 1.807) is 7.11 Å². The summed E-state index contributed by atoms with van der Waals surface area (Å²) >= 11 is 1.33. The first-order chi connectivity index (χ1) is 16.9. The summed E-state index contributed by atoms with van der Waals surface area (Å²) in [6.07, 6.45) is 1.11. The third-order valence-electron chi connectivity index (χ3n) is 5.69. The minimum atomic E-state index is -0.324. The van der Waals surface area contributed by atoms with E-state index >= 15 is 0 Å². The second kappa shape index (κ2) is 12.4. The summed E-state index contributed by atoms with van der Waals surface area (Å²) < 4.78 is 7.09. The SMILES string of the molecule is CCc1cccc(C)c1NC(=O)CSc1nnc([C@@H](C)NC(=O)Cc2ccc(OC)cc2)n1CC. The standard InChI is InChI=1S/C26H33N5O3S/c1-6-20-10-8-9-17(3)24(20)28-23(33)16-35-26-30-29-25(31(26)7-2)18(4)27-22(32)15-19-11-13-21(34-5)14-12-19/h8-14,18H,6-7,15-16H2,1-5H3,(H,27,32)(H,28,33)/t18-/m1/s1. The Balaban J connectivity index is 1.59. The Morgan fingerprint density at radius 1 is 1.09 bits per heavy atom. The van der Waals surface area contributed by atoms with Crippen LogP contribution in [-0.4, -0.2) is 39.4 Å². The first kappa shape index (κ1) is 26.3. The maximum absolute atomic E-state index is 12.7. The van der Waals surface area contributed by atoms with Crippen molar-refractivity contribution in [3.05, 3.63) is 65.0 Å². The van der Waals surface area contributed by atoms with Crippen LogP contribution < -0.4 is 15.4 Å². The molecule has 0 aliphatic carbocycles. The highest BCUT2D eigenvalue weighted by molar-refractivity contribution is 7.99. The summed E-state index contributed by atoms with van der Waals surface area (Å²) in [6, 6.07) is 13.1. The van der Waals surface area contributed by atoms with Gasteiger partial charge in [-0.3, -0.25) is 9.59 Å². The Kier molecular flexibility index (Phi) is 9.31. The third kappa shape index (κ3) is 6.85. The normalized spacial score (nSPS) is 11.7. The predicted octanol–water partition coefficient (Wildman–Crippen LogP) is 4.33. The molecule has 2 amide bonds. The number of rotatable bonds is 11. The van der Waals surface area contributed by atoms with Gasteiger partial charge in [-0.25, -0.2) is 0 Å². The van der Waals surface area contributed by atoms with Gasteiger partial charge in [0.1, 0.15) is 5.75 Å². The number of methoxy groups -OCH3 is 1. The molecule has 1 heterocycles. The van der Waals surface area contributed by atoms with Crippen molar-refractivity contribution in [2.24, 2.45) is 0 Å². The van der Waals surface area contributed by atoms with E-state index in [1.165, 1.54) is 11.8 Å². The van der Waals surface area contributed by atoms with Crippen molar-refractivity contribution >= 4 is 29.3 Å². The van der Waals surface area contributed by atoms with Crippen LogP contribution in [0.4, 0.5) is 5.69 Å². The van der Waals surface area contributed by atoms with E-state index in [0.29, 0.717) is 17.5 Å². The lowest BCUT2D eigenvalue weighted by Gasteiger charge is -2.15. The predicted molar refractivity (Wildman–Crippen MR) is 139 cm³/mol. The topological polar surface area (TPSA) is 98.1 Å². The number of carbonyl (C=O) groups excluding carboxylic acids is 2. The summed E-state index contributed by atoms with van der Waals surface area (Å²) in [5.74, 6) is 1.43. The lowest BCUT2D eigenvalue weighted by Crippen LogP contribution is -2.30. The average Bonchev–Trinajstić information content (AvgIpc) is 3.27. The van der Waals surface area contributed by atoms with E-state index in [9.17, 15) is 9.59 Å². The van der Waals surface area contributed by atoms with Crippen LogP contribution in [-0.2, 0) is 29.0 Å². The van der Waals surface area contributed by atoms with E-state index < -0.39 is 0 Å². The minimum absolute atomic E-state index is 0.0907. The number of thioether (sulfide) groups is 1. The Bertz CT molecular complexity index is 1160. The number of anilines is 1. The van der Waals surface area contributed by atoms with E-state index in [-0.39, 0.29) is 30.0 Å². The molecule has 0 aliphatic heterocycles. The Morgan fingerprint density at radius 3 is 2.49 bits per heavy atom. The summed E-state index contributed by atoms with van der Waals surface area (Å²) in [4.78, 5) is 25.2. The highest BCUT2D eigenvalue weighted by Gasteiger charge is 2.20. The van der Waals surface area contributed by atoms with E-state index in [2.05, 4.69) is 27.8 Å². The molecule has 2 N–H and O–H groups in total. The molecular formula is C26H33N5O3S. The van der Waals surface area contributed by atoms with Gasteiger partial charge in [-0.2, -0.15) is 0 Å². The van der Waals surface area contributed by atoms with Crippen molar-refractivity contribution in [1.82, 2.24) is 20.1 Å². The summed E-state index contributed by atoms with van der Waals surface area (Å²) in [5.41, 5.74) is 3.93. The fourth-order valence-corrected chi connectivity index (χ4v) is 4.63. The number of carbonyl (C=O) groups is 2. The Morgan fingerprint density at radius 2 is 1.83 bits per heavy atom.